The van der Waals surface area contributed by atoms with E-state index in [1.165, 1.54) is 11.0 Å². The van der Waals surface area contributed by atoms with Crippen LogP contribution in [0.25, 0.3) is 0 Å². The van der Waals surface area contributed by atoms with E-state index in [9.17, 15) is 9.59 Å². The van der Waals surface area contributed by atoms with Gasteiger partial charge in [-0.05, 0) is 12.1 Å². The Morgan fingerprint density at radius 3 is 2.85 bits per heavy atom. The van der Waals surface area contributed by atoms with Crippen molar-refractivity contribution in [3.05, 3.63) is 29.8 Å². The molecule has 1 aromatic carbocycles. The first-order valence-corrected chi connectivity index (χ1v) is 6.51. The van der Waals surface area contributed by atoms with Gasteiger partial charge in [-0.1, -0.05) is 12.1 Å². The Hall–Kier alpha value is -1.92. The second-order valence-corrected chi connectivity index (χ2v) is 4.68. The molecule has 1 amide bonds. The molecule has 0 bridgehead atoms. The number of carboxylic acid groups (broad SMARTS) is 1. The zero-order valence-corrected chi connectivity index (χ0v) is 11.3. The maximum atomic E-state index is 12.2. The van der Waals surface area contributed by atoms with E-state index in [0.29, 0.717) is 18.8 Å². The summed E-state index contributed by atoms with van der Waals surface area (Å²) in [5, 5.41) is 12.3. The van der Waals surface area contributed by atoms with Gasteiger partial charge >= 0.3 is 5.97 Å². The third-order valence-electron chi connectivity index (χ3n) is 3.28. The van der Waals surface area contributed by atoms with Crippen LogP contribution in [0.2, 0.25) is 0 Å². The van der Waals surface area contributed by atoms with Crippen LogP contribution in [0.5, 0.6) is 0 Å². The summed E-state index contributed by atoms with van der Waals surface area (Å²) in [6.07, 6.45) is 0.0768. The van der Waals surface area contributed by atoms with Crippen molar-refractivity contribution in [3.63, 3.8) is 0 Å². The molecule has 1 unspecified atom stereocenters. The second kappa shape index (κ2) is 6.49. The van der Waals surface area contributed by atoms with Crippen LogP contribution in [-0.2, 0) is 9.53 Å². The first kappa shape index (κ1) is 14.5. The van der Waals surface area contributed by atoms with E-state index in [1.807, 2.05) is 0 Å². The number of nitrogens with one attached hydrogen (secondary N) is 1. The van der Waals surface area contributed by atoms with Gasteiger partial charge in [0.05, 0.1) is 30.4 Å². The summed E-state index contributed by atoms with van der Waals surface area (Å²) in [5.74, 6) is -1.21. The molecule has 0 aromatic heterocycles. The van der Waals surface area contributed by atoms with Gasteiger partial charge in [-0.2, -0.15) is 0 Å². The molecule has 1 fully saturated rings. The van der Waals surface area contributed by atoms with E-state index in [1.54, 1.807) is 25.2 Å². The molecule has 6 heteroatoms. The highest BCUT2D eigenvalue weighted by molar-refractivity contribution is 6.01. The number of carboxylic acids is 1. The molecule has 2 N–H and O–H groups in total. The van der Waals surface area contributed by atoms with Crippen LogP contribution in [0.1, 0.15) is 16.8 Å². The lowest BCUT2D eigenvalue weighted by Gasteiger charge is -2.26. The largest absolute Gasteiger partial charge is 0.478 e. The Kier molecular flexibility index (Phi) is 4.70. The number of benzene rings is 1. The fourth-order valence-corrected chi connectivity index (χ4v) is 2.16. The minimum atomic E-state index is -1.05. The first-order chi connectivity index (χ1) is 9.59. The van der Waals surface area contributed by atoms with Crippen molar-refractivity contribution in [1.82, 2.24) is 5.32 Å². The molecule has 20 heavy (non-hydrogen) atoms. The number of aromatic carboxylic acids is 1. The van der Waals surface area contributed by atoms with E-state index >= 15 is 0 Å². The van der Waals surface area contributed by atoms with E-state index in [0.717, 1.165) is 6.54 Å². The molecule has 1 atom stereocenters. The predicted molar refractivity (Wildman–Crippen MR) is 74.0 cm³/mol. The van der Waals surface area contributed by atoms with Crippen LogP contribution in [0.15, 0.2) is 24.3 Å². The highest BCUT2D eigenvalue weighted by atomic mass is 16.5. The molecule has 1 saturated heterocycles. The zero-order chi connectivity index (χ0) is 14.5. The number of hydrogen-bond donors (Lipinski definition) is 2. The molecule has 1 aliphatic heterocycles. The molecule has 0 saturated carbocycles. The van der Waals surface area contributed by atoms with Gasteiger partial charge in [0.25, 0.3) is 0 Å². The van der Waals surface area contributed by atoms with Crippen LogP contribution in [0, 0.1) is 0 Å². The van der Waals surface area contributed by atoms with Gasteiger partial charge in [-0.3, -0.25) is 4.79 Å². The SMILES string of the molecule is CN(C(=O)CC1CNCCO1)c1ccccc1C(=O)O. The number of carbonyl (C=O) groups excluding carboxylic acids is 1. The van der Waals surface area contributed by atoms with E-state index in [-0.39, 0.29) is 24.0 Å². The van der Waals surface area contributed by atoms with Crippen LogP contribution in [0.3, 0.4) is 0 Å². The highest BCUT2D eigenvalue weighted by Gasteiger charge is 2.22. The number of morpholine rings is 1. The van der Waals surface area contributed by atoms with Crippen molar-refractivity contribution in [2.24, 2.45) is 0 Å². The van der Waals surface area contributed by atoms with Gasteiger partial charge in [0.2, 0.25) is 5.91 Å². The Morgan fingerprint density at radius 2 is 2.20 bits per heavy atom. The van der Waals surface area contributed by atoms with Crippen LogP contribution < -0.4 is 10.2 Å². The number of carbonyl (C=O) groups is 2. The fourth-order valence-electron chi connectivity index (χ4n) is 2.16. The molecular formula is C14H18N2O4. The maximum Gasteiger partial charge on any atom is 0.337 e. The van der Waals surface area contributed by atoms with Gasteiger partial charge in [-0.15, -0.1) is 0 Å². The molecule has 0 spiro atoms. The van der Waals surface area contributed by atoms with Crippen molar-refractivity contribution >= 4 is 17.6 Å². The zero-order valence-electron chi connectivity index (χ0n) is 11.3. The first-order valence-electron chi connectivity index (χ1n) is 6.51. The van der Waals surface area contributed by atoms with E-state index in [4.69, 9.17) is 9.84 Å². The summed E-state index contributed by atoms with van der Waals surface area (Å²) >= 11 is 0. The smallest absolute Gasteiger partial charge is 0.337 e. The number of rotatable bonds is 4. The number of ether oxygens (including phenoxy) is 1. The maximum absolute atomic E-state index is 12.2. The molecule has 1 aromatic rings. The molecule has 6 nitrogen and oxygen atoms in total. The van der Waals surface area contributed by atoms with Crippen LogP contribution in [-0.4, -0.2) is 49.8 Å². The Balaban J connectivity index is 2.08. The standard InChI is InChI=1S/C14H18N2O4/c1-16(12-5-3-2-4-11(12)14(18)19)13(17)8-10-9-15-6-7-20-10/h2-5,10,15H,6-9H2,1H3,(H,18,19). The number of para-hydroxylation sites is 1. The number of hydrogen-bond acceptors (Lipinski definition) is 4. The van der Waals surface area contributed by atoms with Gasteiger partial charge in [0, 0.05) is 20.1 Å². The van der Waals surface area contributed by atoms with Gasteiger partial charge in [-0.25, -0.2) is 4.79 Å². The summed E-state index contributed by atoms with van der Waals surface area (Å²) in [5.41, 5.74) is 0.514. The molecule has 2 rings (SSSR count). The average Bonchev–Trinajstić information content (AvgIpc) is 2.47. The third-order valence-corrected chi connectivity index (χ3v) is 3.28. The highest BCUT2D eigenvalue weighted by Crippen LogP contribution is 2.20. The lowest BCUT2D eigenvalue weighted by Crippen LogP contribution is -2.42. The molecule has 108 valence electrons. The quantitative estimate of drug-likeness (QED) is 0.848. The minimum Gasteiger partial charge on any atom is -0.478 e. The Morgan fingerprint density at radius 1 is 1.45 bits per heavy atom. The monoisotopic (exact) mass is 278 g/mol. The normalized spacial score (nSPS) is 18.6. The molecular weight excluding hydrogens is 260 g/mol. The van der Waals surface area contributed by atoms with Crippen molar-refractivity contribution < 1.29 is 19.4 Å². The van der Waals surface area contributed by atoms with Crippen LogP contribution in [0.4, 0.5) is 5.69 Å². The summed E-state index contributed by atoms with van der Waals surface area (Å²) in [4.78, 5) is 24.8. The topological polar surface area (TPSA) is 78.9 Å². The summed E-state index contributed by atoms with van der Waals surface area (Å²) in [7, 11) is 1.58. The Labute approximate surface area is 117 Å². The molecule has 0 aliphatic carbocycles. The van der Waals surface area contributed by atoms with E-state index in [2.05, 4.69) is 5.32 Å². The predicted octanol–water partition coefficient (Wildman–Crippen LogP) is 0.726. The minimum absolute atomic E-state index is 0.117. The van der Waals surface area contributed by atoms with Crippen molar-refractivity contribution in [2.75, 3.05) is 31.6 Å². The average molecular weight is 278 g/mol. The lowest BCUT2D eigenvalue weighted by atomic mass is 10.1. The summed E-state index contributed by atoms with van der Waals surface area (Å²) in [6, 6.07) is 6.46. The summed E-state index contributed by atoms with van der Waals surface area (Å²) < 4.78 is 5.49. The summed E-state index contributed by atoms with van der Waals surface area (Å²) in [6.45, 7) is 2.02. The Bertz CT molecular complexity index is 498. The molecule has 1 heterocycles. The second-order valence-electron chi connectivity index (χ2n) is 4.68. The van der Waals surface area contributed by atoms with Crippen molar-refractivity contribution in [3.8, 4) is 0 Å². The number of nitrogens with zero attached hydrogens (tertiary/aromatic N) is 1. The van der Waals surface area contributed by atoms with Crippen molar-refractivity contribution in [2.45, 2.75) is 12.5 Å². The lowest BCUT2D eigenvalue weighted by molar-refractivity contribution is -0.121. The van der Waals surface area contributed by atoms with E-state index < -0.39 is 5.97 Å². The molecule has 1 aliphatic rings. The fraction of sp³-hybridized carbons (Fsp3) is 0.429. The molecule has 0 radical (unpaired) electrons. The number of amides is 1. The van der Waals surface area contributed by atoms with Crippen LogP contribution >= 0.6 is 0 Å². The van der Waals surface area contributed by atoms with Gasteiger partial charge < -0.3 is 20.1 Å². The number of anilines is 1. The van der Waals surface area contributed by atoms with Gasteiger partial charge in [0.1, 0.15) is 0 Å². The van der Waals surface area contributed by atoms with Gasteiger partial charge in [0.15, 0.2) is 0 Å². The van der Waals surface area contributed by atoms with Crippen molar-refractivity contribution in [1.29, 1.82) is 0 Å². The third kappa shape index (κ3) is 3.34.